The molecule has 0 atom stereocenters. The average molecular weight is 321 g/mol. The average Bonchev–Trinajstić information content (AvgIpc) is 2.49. The summed E-state index contributed by atoms with van der Waals surface area (Å²) in [5.41, 5.74) is 0.274. The van der Waals surface area contributed by atoms with Gasteiger partial charge < -0.3 is 9.84 Å². The summed E-state index contributed by atoms with van der Waals surface area (Å²) in [6, 6.07) is 10.3. The summed E-state index contributed by atoms with van der Waals surface area (Å²) in [5.74, 6) is 0.181. The molecule has 0 saturated carbocycles. The number of rotatable bonds is 4. The van der Waals surface area contributed by atoms with Crippen LogP contribution in [0.25, 0.3) is 0 Å². The first-order valence-electron chi connectivity index (χ1n) is 6.84. The lowest BCUT2D eigenvalue weighted by Crippen LogP contribution is -2.07. The summed E-state index contributed by atoms with van der Waals surface area (Å²) in [6.07, 6.45) is -4.08. The Balaban J connectivity index is 2.35. The van der Waals surface area contributed by atoms with Crippen molar-refractivity contribution in [2.75, 3.05) is 6.61 Å². The lowest BCUT2D eigenvalue weighted by Gasteiger charge is -2.13. The van der Waals surface area contributed by atoms with E-state index in [1.807, 2.05) is 6.07 Å². The molecule has 0 aromatic heterocycles. The maximum Gasteiger partial charge on any atom is 0.416 e. The number of aliphatic hydroxyl groups is 1. The number of hydrogen-bond acceptors (Lipinski definition) is 3. The quantitative estimate of drug-likeness (QED) is 0.917. The fraction of sp³-hybridized carbons (Fsp3) is 0.235. The van der Waals surface area contributed by atoms with Gasteiger partial charge in [-0.3, -0.25) is 0 Å². The van der Waals surface area contributed by atoms with Crippen LogP contribution in [0.15, 0.2) is 36.4 Å². The maximum atomic E-state index is 12.9. The van der Waals surface area contributed by atoms with Gasteiger partial charge >= 0.3 is 6.18 Å². The maximum absolute atomic E-state index is 12.9. The van der Waals surface area contributed by atoms with Crippen molar-refractivity contribution < 1.29 is 23.0 Å². The van der Waals surface area contributed by atoms with Crippen LogP contribution in [0, 0.1) is 18.3 Å². The first-order valence-corrected chi connectivity index (χ1v) is 6.84. The number of halogens is 3. The minimum Gasteiger partial charge on any atom is -0.456 e. The van der Waals surface area contributed by atoms with Gasteiger partial charge in [0.1, 0.15) is 17.6 Å². The Labute approximate surface area is 131 Å². The zero-order valence-electron chi connectivity index (χ0n) is 12.3. The predicted octanol–water partition coefficient (Wildman–Crippen LogP) is 4.21. The van der Waals surface area contributed by atoms with E-state index in [0.717, 1.165) is 11.6 Å². The van der Waals surface area contributed by atoms with Crippen molar-refractivity contribution in [3.8, 4) is 17.6 Å². The van der Waals surface area contributed by atoms with E-state index in [-0.39, 0.29) is 29.2 Å². The molecule has 0 aliphatic heterocycles. The lowest BCUT2D eigenvalue weighted by molar-refractivity contribution is -0.138. The topological polar surface area (TPSA) is 53.2 Å². The number of hydrogen-bond donors (Lipinski definition) is 1. The highest BCUT2D eigenvalue weighted by molar-refractivity contribution is 5.48. The largest absolute Gasteiger partial charge is 0.456 e. The monoisotopic (exact) mass is 321 g/mol. The van der Waals surface area contributed by atoms with Gasteiger partial charge in [0.05, 0.1) is 11.1 Å². The number of aryl methyl sites for hydroxylation is 1. The standard InChI is InChI=1S/C17H14F3NO2/c1-11-2-4-14(9-15(11)17(18,19)20)23-16-5-3-12(6-7-22)8-13(16)10-21/h2-5,8-9,22H,6-7H2,1H3. The number of ether oxygens (including phenoxy) is 1. The molecule has 0 bridgehead atoms. The van der Waals surface area contributed by atoms with Crippen LogP contribution in [0.3, 0.4) is 0 Å². The Morgan fingerprint density at radius 2 is 1.91 bits per heavy atom. The lowest BCUT2D eigenvalue weighted by atomic mass is 10.1. The molecule has 0 unspecified atom stereocenters. The molecule has 0 spiro atoms. The van der Waals surface area contributed by atoms with Crippen LogP contribution in [0.2, 0.25) is 0 Å². The van der Waals surface area contributed by atoms with Crippen LogP contribution in [0.1, 0.15) is 22.3 Å². The van der Waals surface area contributed by atoms with Gasteiger partial charge in [0.25, 0.3) is 0 Å². The number of benzene rings is 2. The fourth-order valence-electron chi connectivity index (χ4n) is 2.14. The highest BCUT2D eigenvalue weighted by atomic mass is 19.4. The van der Waals surface area contributed by atoms with Crippen LogP contribution in [0.5, 0.6) is 11.5 Å². The molecule has 0 fully saturated rings. The number of aliphatic hydroxyl groups excluding tert-OH is 1. The second-order valence-corrected chi connectivity index (χ2v) is 4.99. The molecule has 6 heteroatoms. The van der Waals surface area contributed by atoms with E-state index in [1.54, 1.807) is 12.1 Å². The molecule has 0 radical (unpaired) electrons. The zero-order valence-corrected chi connectivity index (χ0v) is 12.3. The van der Waals surface area contributed by atoms with Gasteiger partial charge in [0.2, 0.25) is 0 Å². The fourth-order valence-corrected chi connectivity index (χ4v) is 2.14. The van der Waals surface area contributed by atoms with Crippen molar-refractivity contribution in [2.45, 2.75) is 19.5 Å². The third kappa shape index (κ3) is 4.02. The van der Waals surface area contributed by atoms with Gasteiger partial charge in [-0.2, -0.15) is 18.4 Å². The van der Waals surface area contributed by atoms with Gasteiger partial charge in [-0.1, -0.05) is 12.1 Å². The number of nitrogens with zero attached hydrogens (tertiary/aromatic N) is 1. The molecule has 0 aliphatic carbocycles. The van der Waals surface area contributed by atoms with Crippen molar-refractivity contribution in [1.29, 1.82) is 5.26 Å². The molecule has 0 amide bonds. The van der Waals surface area contributed by atoms with E-state index in [1.165, 1.54) is 25.1 Å². The SMILES string of the molecule is Cc1ccc(Oc2ccc(CCO)cc2C#N)cc1C(F)(F)F. The first-order chi connectivity index (χ1) is 10.8. The summed E-state index contributed by atoms with van der Waals surface area (Å²) in [7, 11) is 0. The molecule has 0 heterocycles. The molecule has 23 heavy (non-hydrogen) atoms. The van der Waals surface area contributed by atoms with Crippen molar-refractivity contribution in [3.63, 3.8) is 0 Å². The highest BCUT2D eigenvalue weighted by Gasteiger charge is 2.32. The molecular weight excluding hydrogens is 307 g/mol. The second kappa shape index (κ2) is 6.71. The zero-order chi connectivity index (χ0) is 17.0. The van der Waals surface area contributed by atoms with Crippen LogP contribution < -0.4 is 4.74 Å². The molecule has 120 valence electrons. The Morgan fingerprint density at radius 3 is 2.52 bits per heavy atom. The third-order valence-electron chi connectivity index (χ3n) is 3.31. The van der Waals surface area contributed by atoms with Gasteiger partial charge in [-0.25, -0.2) is 0 Å². The summed E-state index contributed by atoms with van der Waals surface area (Å²) >= 11 is 0. The van der Waals surface area contributed by atoms with E-state index in [4.69, 9.17) is 15.1 Å². The van der Waals surface area contributed by atoms with Crippen molar-refractivity contribution in [3.05, 3.63) is 58.7 Å². The van der Waals surface area contributed by atoms with Gasteiger partial charge in [0, 0.05) is 6.61 Å². The van der Waals surface area contributed by atoms with Crippen LogP contribution in [0.4, 0.5) is 13.2 Å². The molecule has 0 aliphatic rings. The number of nitriles is 1. The Hall–Kier alpha value is -2.52. The van der Waals surface area contributed by atoms with Crippen LogP contribution >= 0.6 is 0 Å². The molecule has 1 N–H and O–H groups in total. The van der Waals surface area contributed by atoms with Gasteiger partial charge in [-0.05, 0) is 48.7 Å². The summed E-state index contributed by atoms with van der Waals surface area (Å²) in [4.78, 5) is 0. The Morgan fingerprint density at radius 1 is 1.17 bits per heavy atom. The summed E-state index contributed by atoms with van der Waals surface area (Å²) in [6.45, 7) is 1.31. The third-order valence-corrected chi connectivity index (χ3v) is 3.31. The Kier molecular flexibility index (Phi) is 4.92. The summed E-state index contributed by atoms with van der Waals surface area (Å²) in [5, 5.41) is 18.0. The minimum absolute atomic E-state index is 0.00864. The summed E-state index contributed by atoms with van der Waals surface area (Å²) < 4.78 is 44.2. The number of alkyl halides is 3. The minimum atomic E-state index is -4.47. The van der Waals surface area contributed by atoms with Crippen molar-refractivity contribution >= 4 is 0 Å². The van der Waals surface area contributed by atoms with Crippen molar-refractivity contribution in [2.24, 2.45) is 0 Å². The normalized spacial score (nSPS) is 11.1. The molecule has 2 rings (SSSR count). The van der Waals surface area contributed by atoms with E-state index in [2.05, 4.69) is 0 Å². The second-order valence-electron chi connectivity index (χ2n) is 4.99. The first kappa shape index (κ1) is 16.8. The highest BCUT2D eigenvalue weighted by Crippen LogP contribution is 2.35. The van der Waals surface area contributed by atoms with E-state index in [0.29, 0.717) is 6.42 Å². The van der Waals surface area contributed by atoms with Crippen molar-refractivity contribution in [1.82, 2.24) is 0 Å². The van der Waals surface area contributed by atoms with E-state index < -0.39 is 11.7 Å². The molecule has 3 nitrogen and oxygen atoms in total. The molecule has 0 saturated heterocycles. The van der Waals surface area contributed by atoms with Gasteiger partial charge in [0.15, 0.2) is 0 Å². The Bertz CT molecular complexity index is 748. The molecular formula is C17H14F3NO2. The van der Waals surface area contributed by atoms with Gasteiger partial charge in [-0.15, -0.1) is 0 Å². The molecule has 2 aromatic carbocycles. The van der Waals surface area contributed by atoms with Crippen LogP contribution in [-0.4, -0.2) is 11.7 Å². The molecule has 2 aromatic rings. The van der Waals surface area contributed by atoms with E-state index >= 15 is 0 Å². The predicted molar refractivity (Wildman–Crippen MR) is 78.2 cm³/mol. The smallest absolute Gasteiger partial charge is 0.416 e. The van der Waals surface area contributed by atoms with E-state index in [9.17, 15) is 13.2 Å². The van der Waals surface area contributed by atoms with Crippen LogP contribution in [-0.2, 0) is 12.6 Å².